The van der Waals surface area contributed by atoms with Crippen molar-refractivity contribution in [3.8, 4) is 0 Å². The number of pyridine rings is 1. The van der Waals surface area contributed by atoms with Gasteiger partial charge in [-0.3, -0.25) is 4.79 Å². The molecule has 2 nitrogen and oxygen atoms in total. The minimum atomic E-state index is -2.68. The zero-order valence-electron chi connectivity index (χ0n) is 6.28. The highest BCUT2D eigenvalue weighted by atomic mass is 79.9. The van der Waals surface area contributed by atoms with Gasteiger partial charge in [-0.1, -0.05) is 27.5 Å². The fourth-order valence-corrected chi connectivity index (χ4v) is 1.70. The van der Waals surface area contributed by atoms with E-state index < -0.39 is 12.0 Å². The van der Waals surface area contributed by atoms with Gasteiger partial charge in [0.05, 0.1) is 5.56 Å². The van der Waals surface area contributed by atoms with E-state index in [0.29, 0.717) is 0 Å². The number of aromatic amines is 1. The van der Waals surface area contributed by atoms with Crippen LogP contribution < -0.4 is 5.56 Å². The van der Waals surface area contributed by atoms with E-state index in [9.17, 15) is 13.6 Å². The minimum Gasteiger partial charge on any atom is -0.313 e. The summed E-state index contributed by atoms with van der Waals surface area (Å²) in [6.07, 6.45) is -2.68. The van der Waals surface area contributed by atoms with E-state index in [1.807, 2.05) is 0 Å². The first-order chi connectivity index (χ1) is 6.06. The lowest BCUT2D eigenvalue weighted by Crippen LogP contribution is -2.09. The van der Waals surface area contributed by atoms with Gasteiger partial charge < -0.3 is 4.98 Å². The highest BCUT2D eigenvalue weighted by Crippen LogP contribution is 2.28. The number of halogens is 4. The van der Waals surface area contributed by atoms with Gasteiger partial charge in [0.1, 0.15) is 5.15 Å². The molecular formula is C7H5BrClF2NO. The molecule has 0 aromatic carbocycles. The molecule has 0 spiro atoms. The third-order valence-electron chi connectivity index (χ3n) is 1.48. The van der Waals surface area contributed by atoms with Gasteiger partial charge in [-0.15, -0.1) is 0 Å². The van der Waals surface area contributed by atoms with Gasteiger partial charge in [-0.25, -0.2) is 8.78 Å². The Hall–Kier alpha value is -0.420. The van der Waals surface area contributed by atoms with E-state index in [2.05, 4.69) is 20.9 Å². The normalized spacial score (nSPS) is 10.8. The monoisotopic (exact) mass is 271 g/mol. The van der Waals surface area contributed by atoms with Crippen LogP contribution in [-0.2, 0) is 5.33 Å². The fourth-order valence-electron chi connectivity index (χ4n) is 0.935. The maximum Gasteiger partial charge on any atom is 0.267 e. The van der Waals surface area contributed by atoms with E-state index in [4.69, 9.17) is 11.6 Å². The molecule has 1 heterocycles. The van der Waals surface area contributed by atoms with E-state index in [1.54, 1.807) is 0 Å². The van der Waals surface area contributed by atoms with E-state index in [-0.39, 0.29) is 21.6 Å². The number of alkyl halides is 3. The Bertz CT molecular complexity index is 366. The number of hydrogen-bond acceptors (Lipinski definition) is 1. The molecular weight excluding hydrogens is 267 g/mol. The molecule has 0 saturated carbocycles. The molecule has 1 aromatic heterocycles. The number of hydrogen-bond donors (Lipinski definition) is 1. The third-order valence-corrected chi connectivity index (χ3v) is 2.39. The summed E-state index contributed by atoms with van der Waals surface area (Å²) in [5, 5.41) is -0.118. The molecule has 0 amide bonds. The van der Waals surface area contributed by atoms with Gasteiger partial charge >= 0.3 is 0 Å². The van der Waals surface area contributed by atoms with Gasteiger partial charge in [-0.2, -0.15) is 0 Å². The van der Waals surface area contributed by atoms with Gasteiger partial charge in [0.15, 0.2) is 0 Å². The first-order valence-electron chi connectivity index (χ1n) is 3.32. The third kappa shape index (κ3) is 2.28. The van der Waals surface area contributed by atoms with Crippen LogP contribution >= 0.6 is 27.5 Å². The topological polar surface area (TPSA) is 32.9 Å². The Morgan fingerprint density at radius 3 is 2.69 bits per heavy atom. The summed E-state index contributed by atoms with van der Waals surface area (Å²) in [4.78, 5) is 12.9. The van der Waals surface area contributed by atoms with Crippen LogP contribution in [0.1, 0.15) is 17.6 Å². The van der Waals surface area contributed by atoms with Crippen LogP contribution in [0, 0.1) is 0 Å². The van der Waals surface area contributed by atoms with Gasteiger partial charge in [-0.05, 0) is 5.56 Å². The van der Waals surface area contributed by atoms with Crippen molar-refractivity contribution in [3.05, 3.63) is 32.7 Å². The highest BCUT2D eigenvalue weighted by molar-refractivity contribution is 9.08. The molecule has 0 aliphatic rings. The van der Waals surface area contributed by atoms with Crippen molar-refractivity contribution in [1.29, 1.82) is 0 Å². The molecule has 1 N–H and O–H groups in total. The molecule has 72 valence electrons. The van der Waals surface area contributed by atoms with E-state index in [0.717, 1.165) is 6.07 Å². The first-order valence-corrected chi connectivity index (χ1v) is 4.82. The summed E-state index contributed by atoms with van der Waals surface area (Å²) in [6.45, 7) is 0. The van der Waals surface area contributed by atoms with Crippen LogP contribution in [-0.4, -0.2) is 4.98 Å². The van der Waals surface area contributed by atoms with Crippen molar-refractivity contribution in [1.82, 2.24) is 4.98 Å². The lowest BCUT2D eigenvalue weighted by molar-refractivity contribution is 0.150. The number of rotatable bonds is 2. The largest absolute Gasteiger partial charge is 0.313 e. The predicted octanol–water partition coefficient (Wildman–Crippen LogP) is 2.86. The lowest BCUT2D eigenvalue weighted by Gasteiger charge is -2.06. The van der Waals surface area contributed by atoms with Crippen LogP contribution in [0.25, 0.3) is 0 Å². The molecule has 0 saturated heterocycles. The number of nitrogens with one attached hydrogen (secondary N) is 1. The van der Waals surface area contributed by atoms with Crippen LogP contribution in [0.15, 0.2) is 10.9 Å². The Morgan fingerprint density at radius 2 is 2.23 bits per heavy atom. The second-order valence-corrected chi connectivity index (χ2v) is 3.26. The van der Waals surface area contributed by atoms with Gasteiger partial charge in [0.25, 0.3) is 6.43 Å². The number of aromatic nitrogens is 1. The molecule has 6 heteroatoms. The molecule has 0 aliphatic carbocycles. The van der Waals surface area contributed by atoms with Crippen LogP contribution in [0.2, 0.25) is 5.15 Å². The van der Waals surface area contributed by atoms with Crippen molar-refractivity contribution in [2.24, 2.45) is 0 Å². The lowest BCUT2D eigenvalue weighted by atomic mass is 10.2. The van der Waals surface area contributed by atoms with E-state index >= 15 is 0 Å². The molecule has 1 rings (SSSR count). The van der Waals surface area contributed by atoms with Crippen LogP contribution in [0.3, 0.4) is 0 Å². The molecule has 1 aromatic rings. The quantitative estimate of drug-likeness (QED) is 0.652. The summed E-state index contributed by atoms with van der Waals surface area (Å²) in [6, 6.07) is 1.10. The standard InChI is InChI=1S/C7H5BrClF2NO/c8-2-3-1-4(13)12-6(9)5(3)7(10)11/h1,7H,2H2,(H,12,13). The predicted molar refractivity (Wildman–Crippen MR) is 49.7 cm³/mol. The first kappa shape index (κ1) is 10.7. The summed E-state index contributed by atoms with van der Waals surface area (Å²) in [5.41, 5.74) is -0.592. The Balaban J connectivity index is 3.38. The fraction of sp³-hybridized carbons (Fsp3) is 0.286. The maximum absolute atomic E-state index is 12.4. The maximum atomic E-state index is 12.4. The summed E-state index contributed by atoms with van der Waals surface area (Å²) >= 11 is 8.45. The van der Waals surface area contributed by atoms with Crippen LogP contribution in [0.5, 0.6) is 0 Å². The molecule has 0 unspecified atom stereocenters. The molecule has 0 atom stereocenters. The Kier molecular flexibility index (Phi) is 3.44. The van der Waals surface area contributed by atoms with E-state index in [1.165, 1.54) is 0 Å². The molecule has 0 fully saturated rings. The van der Waals surface area contributed by atoms with Crippen LogP contribution in [0.4, 0.5) is 8.78 Å². The Labute approximate surface area is 86.0 Å². The second-order valence-electron chi connectivity index (χ2n) is 2.32. The summed E-state index contributed by atoms with van der Waals surface area (Å²) in [7, 11) is 0. The average molecular weight is 272 g/mol. The van der Waals surface area contributed by atoms with Crippen molar-refractivity contribution in [2.75, 3.05) is 0 Å². The van der Waals surface area contributed by atoms with Gasteiger partial charge in [0.2, 0.25) is 5.56 Å². The smallest absolute Gasteiger partial charge is 0.267 e. The van der Waals surface area contributed by atoms with Crippen molar-refractivity contribution >= 4 is 27.5 Å². The Morgan fingerprint density at radius 1 is 1.62 bits per heavy atom. The zero-order chi connectivity index (χ0) is 10.0. The summed E-state index contributed by atoms with van der Waals surface area (Å²) < 4.78 is 24.8. The van der Waals surface area contributed by atoms with Gasteiger partial charge in [0, 0.05) is 11.4 Å². The summed E-state index contributed by atoms with van der Waals surface area (Å²) in [5.74, 6) is 0. The number of H-pyrrole nitrogens is 1. The SMILES string of the molecule is O=c1cc(CBr)c(C(F)F)c(Cl)[nH]1. The van der Waals surface area contributed by atoms with Crippen molar-refractivity contribution in [3.63, 3.8) is 0 Å². The van der Waals surface area contributed by atoms with Crippen molar-refractivity contribution in [2.45, 2.75) is 11.8 Å². The zero-order valence-corrected chi connectivity index (χ0v) is 8.62. The minimum absolute atomic E-state index is 0.177. The molecule has 0 aliphatic heterocycles. The highest BCUT2D eigenvalue weighted by Gasteiger charge is 2.17. The van der Waals surface area contributed by atoms with Crippen molar-refractivity contribution < 1.29 is 8.78 Å². The second kappa shape index (κ2) is 4.19. The average Bonchev–Trinajstić information content (AvgIpc) is 2.01. The molecule has 0 bridgehead atoms. The molecule has 13 heavy (non-hydrogen) atoms. The molecule has 0 radical (unpaired) electrons.